The molecule has 2 unspecified atom stereocenters. The van der Waals surface area contributed by atoms with Crippen molar-refractivity contribution in [3.05, 3.63) is 28.2 Å². The van der Waals surface area contributed by atoms with E-state index in [4.69, 9.17) is 11.1 Å². The zero-order valence-electron chi connectivity index (χ0n) is 11.6. The molecule has 1 aromatic carbocycles. The van der Waals surface area contributed by atoms with Gasteiger partial charge in [-0.2, -0.15) is 0 Å². The number of nitrogens with two attached hydrogens (primary N) is 1. The van der Waals surface area contributed by atoms with Crippen molar-refractivity contribution in [2.24, 2.45) is 11.7 Å². The molecule has 2 atom stereocenters. The number of nitrogen functional groups attached to an aromatic ring is 1. The summed E-state index contributed by atoms with van der Waals surface area (Å²) in [5, 5.41) is 7.51. The lowest BCUT2D eigenvalue weighted by Gasteiger charge is -2.35. The molecular formula is C15H22BrN3. The Bertz CT molecular complexity index is 472. The first-order valence-electron chi connectivity index (χ1n) is 6.86. The van der Waals surface area contributed by atoms with Crippen LogP contribution in [-0.2, 0) is 0 Å². The summed E-state index contributed by atoms with van der Waals surface area (Å²) < 4.78 is 0.896. The highest BCUT2D eigenvalue weighted by molar-refractivity contribution is 9.10. The van der Waals surface area contributed by atoms with Crippen molar-refractivity contribution in [1.29, 1.82) is 5.41 Å². The van der Waals surface area contributed by atoms with E-state index in [2.05, 4.69) is 46.9 Å². The third kappa shape index (κ3) is 3.30. The van der Waals surface area contributed by atoms with Crippen molar-refractivity contribution in [3.63, 3.8) is 0 Å². The highest BCUT2D eigenvalue weighted by atomic mass is 79.9. The molecule has 1 fully saturated rings. The molecule has 0 bridgehead atoms. The second-order valence-electron chi connectivity index (χ2n) is 5.61. The zero-order chi connectivity index (χ0) is 14.0. The Kier molecular flexibility index (Phi) is 4.50. The van der Waals surface area contributed by atoms with Gasteiger partial charge in [0, 0.05) is 28.8 Å². The van der Waals surface area contributed by atoms with Crippen molar-refractivity contribution in [1.82, 2.24) is 0 Å². The quantitative estimate of drug-likeness (QED) is 0.657. The average molecular weight is 324 g/mol. The molecule has 0 heterocycles. The number of rotatable bonds is 3. The fourth-order valence-electron chi connectivity index (χ4n) is 2.91. The normalized spacial score (nSPS) is 23.1. The maximum atomic E-state index is 7.51. The van der Waals surface area contributed by atoms with Gasteiger partial charge in [0.05, 0.1) is 0 Å². The van der Waals surface area contributed by atoms with Gasteiger partial charge in [-0.25, -0.2) is 0 Å². The van der Waals surface area contributed by atoms with Crippen LogP contribution in [0.25, 0.3) is 0 Å². The highest BCUT2D eigenvalue weighted by Crippen LogP contribution is 2.31. The van der Waals surface area contributed by atoms with E-state index in [1.54, 1.807) is 0 Å². The highest BCUT2D eigenvalue weighted by Gasteiger charge is 2.22. The summed E-state index contributed by atoms with van der Waals surface area (Å²) in [7, 11) is 2.16. The van der Waals surface area contributed by atoms with E-state index in [1.807, 2.05) is 6.07 Å². The number of nitrogens with one attached hydrogen (secondary N) is 1. The van der Waals surface area contributed by atoms with Crippen LogP contribution in [0.2, 0.25) is 0 Å². The summed E-state index contributed by atoms with van der Waals surface area (Å²) in [6.07, 6.45) is 5.22. The van der Waals surface area contributed by atoms with Crippen LogP contribution in [0.5, 0.6) is 0 Å². The lowest BCUT2D eigenvalue weighted by Crippen LogP contribution is -2.35. The van der Waals surface area contributed by atoms with E-state index in [-0.39, 0.29) is 5.84 Å². The standard InChI is InChI=1S/C15H22BrN3/c1-10-4-3-5-11(8-10)19(2)12-6-7-13(15(17)18)14(16)9-12/h6-7,9-11H,3-5,8H2,1-2H3,(H3,17,18). The first-order valence-corrected chi connectivity index (χ1v) is 7.65. The van der Waals surface area contributed by atoms with Crippen LogP contribution in [0.3, 0.4) is 0 Å². The van der Waals surface area contributed by atoms with Gasteiger partial charge in [-0.05, 0) is 52.9 Å². The minimum absolute atomic E-state index is 0.104. The summed E-state index contributed by atoms with van der Waals surface area (Å²) in [4.78, 5) is 2.37. The SMILES string of the molecule is CC1CCCC(N(C)c2ccc(C(=N)N)c(Br)c2)C1. The Morgan fingerprint density at radius 1 is 1.42 bits per heavy atom. The molecule has 1 aromatic rings. The van der Waals surface area contributed by atoms with Crippen molar-refractivity contribution < 1.29 is 0 Å². The lowest BCUT2D eigenvalue weighted by atomic mass is 9.86. The number of hydrogen-bond acceptors (Lipinski definition) is 2. The largest absolute Gasteiger partial charge is 0.384 e. The number of nitrogens with zero attached hydrogens (tertiary/aromatic N) is 1. The number of halogens is 1. The summed E-state index contributed by atoms with van der Waals surface area (Å²) in [5.74, 6) is 0.925. The van der Waals surface area contributed by atoms with E-state index in [0.29, 0.717) is 6.04 Å². The third-order valence-corrected chi connectivity index (χ3v) is 4.76. The van der Waals surface area contributed by atoms with E-state index in [1.165, 1.54) is 31.4 Å². The van der Waals surface area contributed by atoms with Crippen LogP contribution in [-0.4, -0.2) is 18.9 Å². The molecule has 1 saturated carbocycles. The minimum atomic E-state index is 0.104. The number of anilines is 1. The van der Waals surface area contributed by atoms with Crippen molar-refractivity contribution in [2.45, 2.75) is 38.6 Å². The second kappa shape index (κ2) is 5.95. The van der Waals surface area contributed by atoms with E-state index in [9.17, 15) is 0 Å². The number of benzene rings is 1. The molecule has 1 aliphatic rings. The lowest BCUT2D eigenvalue weighted by molar-refractivity contribution is 0.336. The Labute approximate surface area is 123 Å². The van der Waals surface area contributed by atoms with Crippen LogP contribution in [0, 0.1) is 11.3 Å². The Balaban J connectivity index is 2.17. The van der Waals surface area contributed by atoms with Crippen molar-refractivity contribution in [2.75, 3.05) is 11.9 Å². The maximum Gasteiger partial charge on any atom is 0.123 e. The van der Waals surface area contributed by atoms with Crippen LogP contribution in [0.1, 0.15) is 38.2 Å². The monoisotopic (exact) mass is 323 g/mol. The van der Waals surface area contributed by atoms with Gasteiger partial charge in [-0.3, -0.25) is 5.41 Å². The first-order chi connectivity index (χ1) is 8.99. The summed E-state index contributed by atoms with van der Waals surface area (Å²) in [6.45, 7) is 2.34. The van der Waals surface area contributed by atoms with Gasteiger partial charge in [0.25, 0.3) is 0 Å². The third-order valence-electron chi connectivity index (χ3n) is 4.11. The number of amidine groups is 1. The van der Waals surface area contributed by atoms with Gasteiger partial charge in [-0.15, -0.1) is 0 Å². The zero-order valence-corrected chi connectivity index (χ0v) is 13.2. The molecule has 19 heavy (non-hydrogen) atoms. The molecule has 0 radical (unpaired) electrons. The van der Waals surface area contributed by atoms with Gasteiger partial charge in [0.2, 0.25) is 0 Å². The predicted octanol–water partition coefficient (Wildman–Crippen LogP) is 3.75. The predicted molar refractivity (Wildman–Crippen MR) is 85.0 cm³/mol. The second-order valence-corrected chi connectivity index (χ2v) is 6.47. The van der Waals surface area contributed by atoms with Gasteiger partial charge >= 0.3 is 0 Å². The van der Waals surface area contributed by atoms with Gasteiger partial charge in [0.15, 0.2) is 0 Å². The van der Waals surface area contributed by atoms with E-state index in [0.717, 1.165) is 16.0 Å². The van der Waals surface area contributed by atoms with Crippen molar-refractivity contribution in [3.8, 4) is 0 Å². The van der Waals surface area contributed by atoms with Gasteiger partial charge in [-0.1, -0.05) is 19.8 Å². The van der Waals surface area contributed by atoms with Crippen molar-refractivity contribution >= 4 is 27.5 Å². The Hall–Kier alpha value is -1.03. The topological polar surface area (TPSA) is 53.1 Å². The molecule has 0 aliphatic heterocycles. The fourth-order valence-corrected chi connectivity index (χ4v) is 3.49. The molecule has 3 nitrogen and oxygen atoms in total. The first kappa shape index (κ1) is 14.4. The molecule has 3 N–H and O–H groups in total. The molecule has 0 spiro atoms. The average Bonchev–Trinajstić information content (AvgIpc) is 2.37. The summed E-state index contributed by atoms with van der Waals surface area (Å²) >= 11 is 3.50. The fraction of sp³-hybridized carbons (Fsp3) is 0.533. The molecule has 0 amide bonds. The molecule has 104 valence electrons. The molecule has 0 aromatic heterocycles. The molecule has 2 rings (SSSR count). The Morgan fingerprint density at radius 2 is 2.16 bits per heavy atom. The van der Waals surface area contributed by atoms with Crippen LogP contribution in [0.15, 0.2) is 22.7 Å². The smallest absolute Gasteiger partial charge is 0.123 e. The molecular weight excluding hydrogens is 302 g/mol. The van der Waals surface area contributed by atoms with E-state index >= 15 is 0 Å². The maximum absolute atomic E-state index is 7.51. The van der Waals surface area contributed by atoms with Gasteiger partial charge in [0.1, 0.15) is 5.84 Å². The molecule has 4 heteroatoms. The van der Waals surface area contributed by atoms with E-state index < -0.39 is 0 Å². The van der Waals surface area contributed by atoms with Crippen LogP contribution < -0.4 is 10.6 Å². The van der Waals surface area contributed by atoms with Crippen LogP contribution in [0.4, 0.5) is 5.69 Å². The summed E-state index contributed by atoms with van der Waals surface area (Å²) in [5.41, 5.74) is 7.49. The van der Waals surface area contributed by atoms with Crippen LogP contribution >= 0.6 is 15.9 Å². The Morgan fingerprint density at radius 3 is 2.74 bits per heavy atom. The molecule has 0 saturated heterocycles. The minimum Gasteiger partial charge on any atom is -0.384 e. The molecule has 1 aliphatic carbocycles. The summed E-state index contributed by atoms with van der Waals surface area (Å²) in [6, 6.07) is 6.67. The number of hydrogen-bond donors (Lipinski definition) is 2. The van der Waals surface area contributed by atoms with Gasteiger partial charge < -0.3 is 10.6 Å².